The first-order valence-electron chi connectivity index (χ1n) is 13.7. The molecule has 0 N–H and O–H groups in total. The van der Waals surface area contributed by atoms with Crippen LogP contribution in [0.5, 0.6) is 5.75 Å². The molecular formula is C31H32N6O4. The maximum atomic E-state index is 13.9. The summed E-state index contributed by atoms with van der Waals surface area (Å²) in [4.78, 5) is 29.6. The lowest BCUT2D eigenvalue weighted by Crippen LogP contribution is -2.47. The van der Waals surface area contributed by atoms with Gasteiger partial charge in [0.25, 0.3) is 11.2 Å². The smallest absolute Gasteiger partial charge is 0.296 e. The molecule has 0 saturated carbocycles. The molecule has 4 aromatic rings. The molecule has 1 aromatic heterocycles. The summed E-state index contributed by atoms with van der Waals surface area (Å²) < 4.78 is 7.28. The van der Waals surface area contributed by atoms with Gasteiger partial charge < -0.3 is 14.5 Å². The molecule has 1 aliphatic rings. The monoisotopic (exact) mass is 552 g/mol. The zero-order valence-electron chi connectivity index (χ0n) is 23.1. The fourth-order valence-corrected chi connectivity index (χ4v) is 5.00. The molecule has 0 spiro atoms. The second-order valence-corrected chi connectivity index (χ2v) is 9.56. The lowest BCUT2D eigenvalue weighted by atomic mass is 10.0. The van der Waals surface area contributed by atoms with Gasteiger partial charge in [-0.15, -0.1) is 10.2 Å². The number of aromatic nitrogens is 1. The molecule has 0 atom stereocenters. The van der Waals surface area contributed by atoms with Gasteiger partial charge in [0.2, 0.25) is 0 Å². The number of nitrogens with zero attached hydrogens (tertiary/aromatic N) is 6. The predicted octanol–water partition coefficient (Wildman–Crippen LogP) is 6.37. The summed E-state index contributed by atoms with van der Waals surface area (Å²) >= 11 is 0. The number of benzene rings is 3. The normalized spacial score (nSPS) is 14.0. The number of ether oxygens (including phenoxy) is 1. The van der Waals surface area contributed by atoms with Crippen molar-refractivity contribution in [1.29, 1.82) is 0 Å². The van der Waals surface area contributed by atoms with E-state index in [4.69, 9.17) is 4.74 Å². The van der Waals surface area contributed by atoms with Crippen molar-refractivity contribution in [3.8, 4) is 22.6 Å². The standard InChI is InChI=1S/C31H32N6O4/c1-3-34-18-20-35(21-19-34)31-30(33-32-27-12-8-9-13-28(27)37(39)40)26(23-14-16-25(17-15-23)41-4-2)22-29(38)36(31)24-10-6-5-7-11-24/h5-17,22H,3-4,18-21H2,1-2H3. The highest BCUT2D eigenvalue weighted by Crippen LogP contribution is 2.41. The summed E-state index contributed by atoms with van der Waals surface area (Å²) in [5, 5.41) is 20.8. The van der Waals surface area contributed by atoms with Crippen LogP contribution in [0.2, 0.25) is 0 Å². The summed E-state index contributed by atoms with van der Waals surface area (Å²) in [7, 11) is 0. The molecule has 0 unspecified atom stereocenters. The minimum absolute atomic E-state index is 0.134. The van der Waals surface area contributed by atoms with Crippen LogP contribution in [0.15, 0.2) is 100.0 Å². The quantitative estimate of drug-likeness (QED) is 0.136. The van der Waals surface area contributed by atoms with Crippen molar-refractivity contribution in [2.45, 2.75) is 13.8 Å². The van der Waals surface area contributed by atoms with Gasteiger partial charge in [-0.25, -0.2) is 0 Å². The molecule has 210 valence electrons. The highest BCUT2D eigenvalue weighted by atomic mass is 16.6. The lowest BCUT2D eigenvalue weighted by molar-refractivity contribution is -0.384. The minimum Gasteiger partial charge on any atom is -0.494 e. The Morgan fingerprint density at radius 2 is 1.56 bits per heavy atom. The fraction of sp³-hybridized carbons (Fsp3) is 0.258. The van der Waals surface area contributed by atoms with Gasteiger partial charge in [0.05, 0.1) is 17.2 Å². The van der Waals surface area contributed by atoms with Gasteiger partial charge in [0.15, 0.2) is 5.69 Å². The van der Waals surface area contributed by atoms with E-state index in [0.29, 0.717) is 48.2 Å². The molecule has 1 saturated heterocycles. The van der Waals surface area contributed by atoms with Crippen LogP contribution in [-0.2, 0) is 0 Å². The number of azo groups is 1. The fourth-order valence-electron chi connectivity index (χ4n) is 5.00. The summed E-state index contributed by atoms with van der Waals surface area (Å²) in [5.41, 5.74) is 2.28. The number of hydrogen-bond acceptors (Lipinski definition) is 8. The van der Waals surface area contributed by atoms with E-state index in [1.165, 1.54) is 6.07 Å². The van der Waals surface area contributed by atoms with Crippen LogP contribution >= 0.6 is 0 Å². The van der Waals surface area contributed by atoms with Crippen LogP contribution in [0.25, 0.3) is 16.8 Å². The molecule has 41 heavy (non-hydrogen) atoms. The van der Waals surface area contributed by atoms with E-state index in [0.717, 1.165) is 25.2 Å². The van der Waals surface area contributed by atoms with E-state index < -0.39 is 4.92 Å². The van der Waals surface area contributed by atoms with Gasteiger partial charge in [0.1, 0.15) is 17.3 Å². The van der Waals surface area contributed by atoms with Crippen LogP contribution in [0.4, 0.5) is 22.9 Å². The van der Waals surface area contributed by atoms with E-state index in [9.17, 15) is 14.9 Å². The number of hydrogen-bond donors (Lipinski definition) is 0. The maximum Gasteiger partial charge on any atom is 0.296 e. The molecule has 10 heteroatoms. The van der Waals surface area contributed by atoms with Gasteiger partial charge in [-0.3, -0.25) is 19.5 Å². The van der Waals surface area contributed by atoms with Crippen LogP contribution < -0.4 is 15.2 Å². The first kappa shape index (κ1) is 27.7. The lowest BCUT2D eigenvalue weighted by Gasteiger charge is -2.37. The number of piperazine rings is 1. The Labute approximate surface area is 238 Å². The van der Waals surface area contributed by atoms with Crippen molar-refractivity contribution >= 4 is 22.9 Å². The third kappa shape index (κ3) is 6.02. The maximum absolute atomic E-state index is 13.9. The van der Waals surface area contributed by atoms with E-state index in [2.05, 4.69) is 27.0 Å². The van der Waals surface area contributed by atoms with Crippen LogP contribution in [0, 0.1) is 10.1 Å². The molecule has 1 aliphatic heterocycles. The Morgan fingerprint density at radius 3 is 2.22 bits per heavy atom. The highest BCUT2D eigenvalue weighted by molar-refractivity contribution is 5.84. The van der Waals surface area contributed by atoms with Crippen LogP contribution in [0.1, 0.15) is 13.8 Å². The first-order valence-corrected chi connectivity index (χ1v) is 13.7. The molecule has 10 nitrogen and oxygen atoms in total. The van der Waals surface area contributed by atoms with E-state index in [1.807, 2.05) is 61.5 Å². The number of likely N-dealkylation sites (N-methyl/N-ethyl adjacent to an activating group) is 1. The average Bonchev–Trinajstić information content (AvgIpc) is 3.01. The third-order valence-electron chi connectivity index (χ3n) is 7.11. The molecular weight excluding hydrogens is 520 g/mol. The SMILES string of the molecule is CCOc1ccc(-c2cc(=O)n(-c3ccccc3)c(N3CCN(CC)CC3)c2N=Nc2ccccc2[N+](=O)[O-])cc1. The molecule has 0 bridgehead atoms. The van der Waals surface area contributed by atoms with Gasteiger partial charge in [-0.05, 0) is 49.4 Å². The van der Waals surface area contributed by atoms with E-state index >= 15 is 0 Å². The molecule has 0 amide bonds. The molecule has 5 rings (SSSR count). The Morgan fingerprint density at radius 1 is 0.878 bits per heavy atom. The number of rotatable bonds is 9. The molecule has 1 fully saturated rings. The summed E-state index contributed by atoms with van der Waals surface area (Å²) in [6.07, 6.45) is 0. The van der Waals surface area contributed by atoms with Crippen molar-refractivity contribution in [1.82, 2.24) is 9.47 Å². The van der Waals surface area contributed by atoms with Crippen molar-refractivity contribution in [2.24, 2.45) is 10.2 Å². The van der Waals surface area contributed by atoms with Gasteiger partial charge in [-0.1, -0.05) is 49.4 Å². The zero-order valence-corrected chi connectivity index (χ0v) is 23.1. The number of anilines is 1. The van der Waals surface area contributed by atoms with E-state index in [-0.39, 0.29) is 16.9 Å². The summed E-state index contributed by atoms with van der Waals surface area (Å²) in [6, 6.07) is 24.7. The number of nitro benzene ring substituents is 1. The zero-order chi connectivity index (χ0) is 28.8. The molecule has 0 radical (unpaired) electrons. The third-order valence-corrected chi connectivity index (χ3v) is 7.11. The van der Waals surface area contributed by atoms with Crippen LogP contribution in [0.3, 0.4) is 0 Å². The Bertz CT molecular complexity index is 1590. The Balaban J connectivity index is 1.77. The minimum atomic E-state index is -0.475. The Hall–Kier alpha value is -4.83. The van der Waals surface area contributed by atoms with Crippen molar-refractivity contribution in [2.75, 3.05) is 44.2 Å². The van der Waals surface area contributed by atoms with E-state index in [1.54, 1.807) is 28.8 Å². The van der Waals surface area contributed by atoms with Gasteiger partial charge in [-0.2, -0.15) is 0 Å². The number of para-hydroxylation sites is 2. The molecule has 0 aliphatic carbocycles. The number of nitro groups is 1. The molecule has 3 aromatic carbocycles. The van der Waals surface area contributed by atoms with Gasteiger partial charge in [0, 0.05) is 43.9 Å². The second kappa shape index (κ2) is 12.6. The first-order chi connectivity index (χ1) is 20.0. The van der Waals surface area contributed by atoms with Crippen molar-refractivity contribution < 1.29 is 9.66 Å². The van der Waals surface area contributed by atoms with Crippen molar-refractivity contribution in [3.05, 3.63) is 105 Å². The summed E-state index contributed by atoms with van der Waals surface area (Å²) in [5.74, 6) is 1.32. The highest BCUT2D eigenvalue weighted by Gasteiger charge is 2.26. The number of pyridine rings is 1. The average molecular weight is 553 g/mol. The molecule has 2 heterocycles. The topological polar surface area (TPSA) is 106 Å². The van der Waals surface area contributed by atoms with Gasteiger partial charge >= 0.3 is 0 Å². The van der Waals surface area contributed by atoms with Crippen molar-refractivity contribution in [3.63, 3.8) is 0 Å². The summed E-state index contributed by atoms with van der Waals surface area (Å²) in [6.45, 7) is 8.55. The second-order valence-electron chi connectivity index (χ2n) is 9.56. The largest absolute Gasteiger partial charge is 0.494 e. The van der Waals surface area contributed by atoms with Crippen LogP contribution in [-0.4, -0.2) is 53.7 Å². The Kier molecular flexibility index (Phi) is 8.50. The predicted molar refractivity (Wildman–Crippen MR) is 160 cm³/mol.